The predicted molar refractivity (Wildman–Crippen MR) is 275 cm³/mol. The summed E-state index contributed by atoms with van der Waals surface area (Å²) in [6, 6.07) is 19.2. The van der Waals surface area contributed by atoms with Gasteiger partial charge < -0.3 is 46.2 Å². The Hall–Kier alpha value is -6.42. The number of ether oxygens (including phenoxy) is 1. The summed E-state index contributed by atoms with van der Waals surface area (Å²) in [5.74, 6) is 3.17. The number of carbonyl (C=O) groups is 2. The van der Waals surface area contributed by atoms with Crippen molar-refractivity contribution in [2.75, 3.05) is 87.1 Å². The largest absolute Gasteiger partial charge is 0.490 e. The highest BCUT2D eigenvalue weighted by atomic mass is 32.2. The molecule has 0 unspecified atom stereocenters. The van der Waals surface area contributed by atoms with E-state index in [0.717, 1.165) is 108 Å². The number of carboxylic acid groups (broad SMARTS) is 1. The molecule has 6 heterocycles. The summed E-state index contributed by atoms with van der Waals surface area (Å²) in [5.41, 5.74) is 11.9. The number of hydrogen-bond donors (Lipinski definition) is 7. The van der Waals surface area contributed by atoms with E-state index in [4.69, 9.17) is 35.5 Å². The number of H-pyrrole nitrogens is 2. The Balaban J connectivity index is 0.000000188. The molecule has 19 nitrogen and oxygen atoms in total. The topological polar surface area (TPSA) is 244 Å². The molecule has 21 heteroatoms. The quantitative estimate of drug-likeness (QED) is 0.0360. The van der Waals surface area contributed by atoms with Gasteiger partial charge in [-0.15, -0.1) is 0 Å². The van der Waals surface area contributed by atoms with Crippen molar-refractivity contribution >= 4 is 75.9 Å². The molecule has 6 aromatic rings. The number of hydrogen-bond acceptors (Lipinski definition) is 17. The van der Waals surface area contributed by atoms with Gasteiger partial charge in [-0.1, -0.05) is 0 Å². The van der Waals surface area contributed by atoms with Crippen LogP contribution in [0.15, 0.2) is 80.8 Å². The van der Waals surface area contributed by atoms with Gasteiger partial charge in [-0.05, 0) is 158 Å². The van der Waals surface area contributed by atoms with Crippen molar-refractivity contribution in [1.29, 1.82) is 0 Å². The third kappa shape index (κ3) is 12.9. The lowest BCUT2D eigenvalue weighted by Gasteiger charge is -2.39. The van der Waals surface area contributed by atoms with Crippen molar-refractivity contribution in [3.8, 4) is 5.75 Å². The number of carboxylic acids is 1. The second-order valence-electron chi connectivity index (χ2n) is 18.4. The first-order chi connectivity index (χ1) is 33.7. The van der Waals surface area contributed by atoms with Crippen LogP contribution in [0, 0.1) is 19.8 Å². The van der Waals surface area contributed by atoms with Crippen LogP contribution in [0.1, 0.15) is 68.1 Å². The van der Waals surface area contributed by atoms with Gasteiger partial charge in [-0.3, -0.25) is 19.8 Å². The number of aromatic nitrogens is 8. The molecule has 0 bridgehead atoms. The fourth-order valence-corrected chi connectivity index (χ4v) is 10.6. The maximum Gasteiger partial charge on any atom is 0.303 e. The number of aromatic amines is 2. The van der Waals surface area contributed by atoms with E-state index < -0.39 is 5.97 Å². The maximum absolute atomic E-state index is 11.3. The molecule has 3 aliphatic rings. The second-order valence-corrected chi connectivity index (χ2v) is 20.5. The number of nitrogens with one attached hydrogen (secondary N) is 5. The number of likely N-dealkylation sites (tertiary alicyclic amines) is 1. The van der Waals surface area contributed by atoms with Crippen LogP contribution in [0.3, 0.4) is 0 Å². The van der Waals surface area contributed by atoms with Gasteiger partial charge >= 0.3 is 5.97 Å². The summed E-state index contributed by atoms with van der Waals surface area (Å²) >= 11 is 2.98. The van der Waals surface area contributed by atoms with Gasteiger partial charge in [0, 0.05) is 95.2 Å². The van der Waals surface area contributed by atoms with Crippen LogP contribution in [-0.4, -0.2) is 128 Å². The summed E-state index contributed by atoms with van der Waals surface area (Å²) in [5, 5.41) is 34.5. The highest BCUT2D eigenvalue weighted by Crippen LogP contribution is 2.48. The lowest BCUT2D eigenvalue weighted by molar-refractivity contribution is -0.138. The summed E-state index contributed by atoms with van der Waals surface area (Å²) in [6.45, 7) is 11.2. The molecular formula is C49H63N15O4S2. The fourth-order valence-electron chi connectivity index (χ4n) is 9.11. The Morgan fingerprint density at radius 3 is 1.99 bits per heavy atom. The molecule has 4 aromatic heterocycles. The molecular weight excluding hydrogens is 927 g/mol. The van der Waals surface area contributed by atoms with E-state index in [2.05, 4.69) is 65.1 Å². The number of benzene rings is 2. The van der Waals surface area contributed by atoms with Crippen LogP contribution < -0.4 is 31.3 Å². The number of piperidine rings is 2. The Bertz CT molecular complexity index is 2730. The van der Waals surface area contributed by atoms with Crippen molar-refractivity contribution in [3.63, 3.8) is 0 Å². The van der Waals surface area contributed by atoms with Gasteiger partial charge in [0.1, 0.15) is 5.82 Å². The van der Waals surface area contributed by atoms with Crippen LogP contribution >= 0.6 is 23.5 Å². The number of nitrogens with two attached hydrogens (primary N) is 1. The molecule has 0 saturated carbocycles. The number of likely N-dealkylation sites (N-methyl/N-ethyl adjacent to an activating group) is 1. The van der Waals surface area contributed by atoms with Gasteiger partial charge in [-0.25, -0.2) is 19.9 Å². The van der Waals surface area contributed by atoms with E-state index in [1.54, 1.807) is 18.9 Å². The lowest BCUT2D eigenvalue weighted by atomic mass is 9.76. The van der Waals surface area contributed by atoms with E-state index in [1.165, 1.54) is 29.9 Å². The number of aryl methyl sites for hydroxylation is 2. The molecule has 370 valence electrons. The summed E-state index contributed by atoms with van der Waals surface area (Å²) < 4.78 is 5.75. The molecule has 9 rings (SSSR count). The first-order valence-corrected chi connectivity index (χ1v) is 25.2. The molecule has 8 N–H and O–H groups in total. The van der Waals surface area contributed by atoms with Crippen molar-refractivity contribution < 1.29 is 19.4 Å². The number of amides is 1. The summed E-state index contributed by atoms with van der Waals surface area (Å²) in [7, 11) is 5.87. The lowest BCUT2D eigenvalue weighted by Crippen LogP contribution is -2.44. The van der Waals surface area contributed by atoms with Gasteiger partial charge in [0.25, 0.3) is 0 Å². The Kier molecular flexibility index (Phi) is 16.1. The minimum Gasteiger partial charge on any atom is -0.490 e. The third-order valence-electron chi connectivity index (χ3n) is 12.8. The first kappa shape index (κ1) is 50.0. The van der Waals surface area contributed by atoms with Crippen molar-refractivity contribution in [2.45, 2.75) is 91.2 Å². The van der Waals surface area contributed by atoms with Crippen LogP contribution in [0.25, 0.3) is 0 Å². The molecule has 0 atom stereocenters. The average molecular weight is 990 g/mol. The molecule has 1 spiro atoms. The van der Waals surface area contributed by atoms with E-state index >= 15 is 0 Å². The maximum atomic E-state index is 11.3. The number of nitrogen functional groups attached to an aromatic ring is 1. The zero-order valence-electron chi connectivity index (χ0n) is 40.6. The monoisotopic (exact) mass is 989 g/mol. The zero-order valence-corrected chi connectivity index (χ0v) is 42.3. The number of fused-ring (bicyclic) bond motifs is 2. The number of methoxy groups -OCH3 is 1. The summed E-state index contributed by atoms with van der Waals surface area (Å²) in [6.07, 6.45) is 6.14. The highest BCUT2D eigenvalue weighted by molar-refractivity contribution is 7.99. The molecule has 0 radical (unpaired) electrons. The fraction of sp³-hybridized carbons (Fsp3) is 0.429. The number of carbonyl (C=O) groups excluding carboxylic acids is 1. The molecule has 70 heavy (non-hydrogen) atoms. The second kappa shape index (κ2) is 22.6. The molecule has 2 aromatic carbocycles. The molecule has 2 aliphatic heterocycles. The van der Waals surface area contributed by atoms with Crippen LogP contribution in [0.4, 0.5) is 40.5 Å². The van der Waals surface area contributed by atoms with Gasteiger partial charge in [0.15, 0.2) is 33.6 Å². The minimum atomic E-state index is -0.767. The van der Waals surface area contributed by atoms with Gasteiger partial charge in [0.05, 0.1) is 12.8 Å². The SMILES string of the molecule is COc1c(Nc2cc(C)[nH]n2)nc(Sc2ccc(NC(C)=O)cc2)nc1N1CCC(CC(=O)O)CC1.Cc1cc(Nc2nc(Sc3ccc(N)cc3)nc3c2CCC32CCN(CCN(C)C)CC2)n[nH]1. The van der Waals surface area contributed by atoms with Gasteiger partial charge in [-0.2, -0.15) is 10.2 Å². The molecule has 1 aliphatic carbocycles. The number of anilines is 7. The highest BCUT2D eigenvalue weighted by Gasteiger charge is 2.44. The Morgan fingerprint density at radius 2 is 1.43 bits per heavy atom. The van der Waals surface area contributed by atoms with E-state index in [0.29, 0.717) is 47.1 Å². The predicted octanol–water partition coefficient (Wildman–Crippen LogP) is 7.89. The number of aliphatic carboxylic acids is 1. The van der Waals surface area contributed by atoms with Crippen molar-refractivity contribution in [3.05, 3.63) is 83.3 Å². The first-order valence-electron chi connectivity index (χ1n) is 23.6. The average Bonchev–Trinajstić information content (AvgIpc) is 4.05. The number of rotatable bonds is 16. The smallest absolute Gasteiger partial charge is 0.303 e. The standard InChI is InChI=1S/C25H34N8S.C24H29N7O4S/c1-17-16-21(31-30-17)27-23-20-8-9-25(10-12-33(13-11-25)15-14-32(2)3)22(20)28-24(29-23)34-19-6-4-18(26)5-7-19;1-14-12-19(30-29-14)26-22-21(35-3)23(31-10-8-16(9-11-31)13-20(33)34)28-24(27-22)36-18-6-4-17(5-7-18)25-15(2)32/h4-7,16H,8-15,26H2,1-3H3,(H2,27,28,29,30,31);4-7,12,16H,8-11,13H2,1-3H3,(H,25,32)(H,33,34)(H2,26,27,28,29,30). The van der Waals surface area contributed by atoms with Crippen LogP contribution in [0.5, 0.6) is 5.75 Å². The van der Waals surface area contributed by atoms with Crippen LogP contribution in [0.2, 0.25) is 0 Å². The van der Waals surface area contributed by atoms with E-state index in [-0.39, 0.29) is 23.7 Å². The van der Waals surface area contributed by atoms with Gasteiger partial charge in [0.2, 0.25) is 11.7 Å². The van der Waals surface area contributed by atoms with Crippen molar-refractivity contribution in [1.82, 2.24) is 50.1 Å². The Morgan fingerprint density at radius 1 is 0.843 bits per heavy atom. The zero-order chi connectivity index (χ0) is 49.4. The van der Waals surface area contributed by atoms with Crippen molar-refractivity contribution in [2.24, 2.45) is 5.92 Å². The molecule has 2 saturated heterocycles. The van der Waals surface area contributed by atoms with E-state index in [9.17, 15) is 9.59 Å². The summed E-state index contributed by atoms with van der Waals surface area (Å²) in [4.78, 5) is 51.1. The number of nitrogens with zero attached hydrogens (tertiary/aromatic N) is 9. The molecule has 1 amide bonds. The van der Waals surface area contributed by atoms with E-state index in [1.807, 2.05) is 74.5 Å². The third-order valence-corrected chi connectivity index (χ3v) is 14.6. The van der Waals surface area contributed by atoms with Crippen LogP contribution in [-0.2, 0) is 21.4 Å². The minimum absolute atomic E-state index is 0.130. The Labute approximate surface area is 417 Å². The molecule has 2 fully saturated rings. The normalized spacial score (nSPS) is 15.6.